The highest BCUT2D eigenvalue weighted by atomic mass is 16.3. The van der Waals surface area contributed by atoms with E-state index in [1.807, 2.05) is 6.92 Å². The minimum absolute atomic E-state index is 0.0318. The molecule has 0 bridgehead atoms. The second-order valence-corrected chi connectivity index (χ2v) is 4.73. The van der Waals surface area contributed by atoms with Crippen LogP contribution >= 0.6 is 0 Å². The van der Waals surface area contributed by atoms with Gasteiger partial charge in [-0.3, -0.25) is 0 Å². The van der Waals surface area contributed by atoms with Gasteiger partial charge < -0.3 is 5.11 Å². The summed E-state index contributed by atoms with van der Waals surface area (Å²) in [5.74, 6) is 0.595. The van der Waals surface area contributed by atoms with Gasteiger partial charge in [0.15, 0.2) is 0 Å². The standard InChI is InChI=1S/C12H20N4O/c1-9(2)4-5-12-11(6-7-13)14-15-16(12)10(3)8-17/h9-10,17H,4-6,8H2,1-3H3. The molecule has 5 heteroatoms. The van der Waals surface area contributed by atoms with Gasteiger partial charge in [0.05, 0.1) is 36.5 Å². The summed E-state index contributed by atoms with van der Waals surface area (Å²) in [6.07, 6.45) is 2.17. The van der Waals surface area contributed by atoms with E-state index in [9.17, 15) is 5.11 Å². The predicted molar refractivity (Wildman–Crippen MR) is 64.3 cm³/mol. The lowest BCUT2D eigenvalue weighted by Gasteiger charge is -2.13. The maximum atomic E-state index is 9.18. The van der Waals surface area contributed by atoms with Crippen molar-refractivity contribution in [2.45, 2.75) is 46.1 Å². The monoisotopic (exact) mass is 236 g/mol. The average Bonchev–Trinajstić information content (AvgIpc) is 2.69. The summed E-state index contributed by atoms with van der Waals surface area (Å²) in [4.78, 5) is 0. The summed E-state index contributed by atoms with van der Waals surface area (Å²) in [7, 11) is 0. The number of aliphatic hydroxyl groups is 1. The van der Waals surface area contributed by atoms with E-state index in [-0.39, 0.29) is 19.1 Å². The van der Waals surface area contributed by atoms with Gasteiger partial charge in [0.1, 0.15) is 0 Å². The van der Waals surface area contributed by atoms with E-state index in [1.54, 1.807) is 4.68 Å². The van der Waals surface area contributed by atoms with E-state index in [2.05, 4.69) is 30.2 Å². The zero-order valence-corrected chi connectivity index (χ0v) is 10.7. The molecule has 1 aromatic heterocycles. The number of hydrogen-bond donors (Lipinski definition) is 1. The van der Waals surface area contributed by atoms with Crippen LogP contribution < -0.4 is 0 Å². The minimum Gasteiger partial charge on any atom is -0.394 e. The number of aliphatic hydroxyl groups excluding tert-OH is 1. The summed E-state index contributed by atoms with van der Waals surface area (Å²) in [6.45, 7) is 6.24. The summed E-state index contributed by atoms with van der Waals surface area (Å²) in [6, 6.07) is 2.02. The zero-order valence-electron chi connectivity index (χ0n) is 10.7. The molecule has 1 atom stereocenters. The summed E-state index contributed by atoms with van der Waals surface area (Å²) < 4.78 is 1.75. The van der Waals surface area contributed by atoms with Gasteiger partial charge in [0.25, 0.3) is 0 Å². The first kappa shape index (κ1) is 13.7. The van der Waals surface area contributed by atoms with Gasteiger partial charge in [0.2, 0.25) is 0 Å². The van der Waals surface area contributed by atoms with Crippen molar-refractivity contribution in [3.05, 3.63) is 11.4 Å². The van der Waals surface area contributed by atoms with E-state index in [0.29, 0.717) is 5.92 Å². The van der Waals surface area contributed by atoms with E-state index in [0.717, 1.165) is 24.2 Å². The van der Waals surface area contributed by atoms with E-state index in [4.69, 9.17) is 5.26 Å². The van der Waals surface area contributed by atoms with Crippen LogP contribution in [0.4, 0.5) is 0 Å². The van der Waals surface area contributed by atoms with Crippen LogP contribution in [0.3, 0.4) is 0 Å². The van der Waals surface area contributed by atoms with E-state index in [1.165, 1.54) is 0 Å². The van der Waals surface area contributed by atoms with Crippen LogP contribution in [0.1, 0.15) is 44.6 Å². The largest absolute Gasteiger partial charge is 0.394 e. The molecule has 0 aromatic carbocycles. The number of nitrogens with zero attached hydrogens (tertiary/aromatic N) is 4. The zero-order chi connectivity index (χ0) is 12.8. The highest BCUT2D eigenvalue weighted by Gasteiger charge is 2.16. The van der Waals surface area contributed by atoms with Crippen molar-refractivity contribution < 1.29 is 5.11 Å². The van der Waals surface area contributed by atoms with Crippen molar-refractivity contribution in [1.82, 2.24) is 15.0 Å². The Labute approximate surface area is 102 Å². The Balaban J connectivity index is 2.93. The average molecular weight is 236 g/mol. The molecule has 5 nitrogen and oxygen atoms in total. The number of aromatic nitrogens is 3. The molecule has 1 unspecified atom stereocenters. The van der Waals surface area contributed by atoms with Gasteiger partial charge in [-0.05, 0) is 25.7 Å². The van der Waals surface area contributed by atoms with Gasteiger partial charge >= 0.3 is 0 Å². The van der Waals surface area contributed by atoms with Gasteiger partial charge in [-0.2, -0.15) is 5.26 Å². The molecule has 0 amide bonds. The molecular weight excluding hydrogens is 216 g/mol. The molecule has 0 saturated carbocycles. The molecule has 0 saturated heterocycles. The fraction of sp³-hybridized carbons (Fsp3) is 0.750. The summed E-state index contributed by atoms with van der Waals surface area (Å²) >= 11 is 0. The number of nitriles is 1. The highest BCUT2D eigenvalue weighted by Crippen LogP contribution is 2.16. The summed E-state index contributed by atoms with van der Waals surface area (Å²) in [5, 5.41) is 26.0. The first-order chi connectivity index (χ1) is 8.10. The Hall–Kier alpha value is -1.41. The van der Waals surface area contributed by atoms with Crippen LogP contribution in [0.2, 0.25) is 0 Å². The van der Waals surface area contributed by atoms with Crippen LogP contribution in [0.5, 0.6) is 0 Å². The summed E-state index contributed by atoms with van der Waals surface area (Å²) in [5.41, 5.74) is 1.73. The fourth-order valence-corrected chi connectivity index (χ4v) is 1.67. The molecular formula is C12H20N4O. The predicted octanol–water partition coefficient (Wildman–Crippen LogP) is 1.49. The SMILES string of the molecule is CC(C)CCc1c(CC#N)nnn1C(C)CO. The molecule has 1 N–H and O–H groups in total. The van der Waals surface area contributed by atoms with Crippen LogP contribution in [-0.2, 0) is 12.8 Å². The molecule has 0 radical (unpaired) electrons. The fourth-order valence-electron chi connectivity index (χ4n) is 1.67. The third-order valence-electron chi connectivity index (χ3n) is 2.76. The lowest BCUT2D eigenvalue weighted by Crippen LogP contribution is -2.15. The molecule has 0 spiro atoms. The van der Waals surface area contributed by atoms with Gasteiger partial charge in [-0.1, -0.05) is 19.1 Å². The Morgan fingerprint density at radius 3 is 2.65 bits per heavy atom. The Kier molecular flexibility index (Phi) is 5.11. The molecule has 0 fully saturated rings. The number of hydrogen-bond acceptors (Lipinski definition) is 4. The van der Waals surface area contributed by atoms with Crippen LogP contribution in [-0.4, -0.2) is 26.7 Å². The van der Waals surface area contributed by atoms with Crippen molar-refractivity contribution in [3.63, 3.8) is 0 Å². The Bertz CT molecular complexity index is 392. The van der Waals surface area contributed by atoms with Crippen LogP contribution in [0, 0.1) is 17.2 Å². The quantitative estimate of drug-likeness (QED) is 0.812. The van der Waals surface area contributed by atoms with E-state index >= 15 is 0 Å². The molecule has 94 valence electrons. The van der Waals surface area contributed by atoms with Crippen molar-refractivity contribution in [1.29, 1.82) is 5.26 Å². The third-order valence-corrected chi connectivity index (χ3v) is 2.76. The van der Waals surface area contributed by atoms with E-state index < -0.39 is 0 Å². The maximum absolute atomic E-state index is 9.18. The lowest BCUT2D eigenvalue weighted by atomic mass is 10.0. The number of rotatable bonds is 6. The van der Waals surface area contributed by atoms with Crippen LogP contribution in [0.15, 0.2) is 0 Å². The first-order valence-corrected chi connectivity index (χ1v) is 6.00. The van der Waals surface area contributed by atoms with Gasteiger partial charge in [-0.25, -0.2) is 4.68 Å². The smallest absolute Gasteiger partial charge is 0.0999 e. The molecule has 0 aliphatic heterocycles. The van der Waals surface area contributed by atoms with Crippen molar-refractivity contribution in [3.8, 4) is 6.07 Å². The molecule has 0 aliphatic rings. The second-order valence-electron chi connectivity index (χ2n) is 4.73. The molecule has 1 rings (SSSR count). The van der Waals surface area contributed by atoms with Crippen molar-refractivity contribution >= 4 is 0 Å². The van der Waals surface area contributed by atoms with Crippen molar-refractivity contribution in [2.75, 3.05) is 6.61 Å². The molecule has 1 aromatic rings. The third kappa shape index (κ3) is 3.53. The Morgan fingerprint density at radius 1 is 1.41 bits per heavy atom. The lowest BCUT2D eigenvalue weighted by molar-refractivity contribution is 0.225. The second kappa shape index (κ2) is 6.36. The molecule has 17 heavy (non-hydrogen) atoms. The maximum Gasteiger partial charge on any atom is 0.0999 e. The normalized spacial score (nSPS) is 12.7. The minimum atomic E-state index is -0.0860. The Morgan fingerprint density at radius 2 is 2.12 bits per heavy atom. The molecule has 1 heterocycles. The van der Waals surface area contributed by atoms with Gasteiger partial charge in [0, 0.05) is 0 Å². The molecule has 0 aliphatic carbocycles. The van der Waals surface area contributed by atoms with Crippen molar-refractivity contribution in [2.24, 2.45) is 5.92 Å². The first-order valence-electron chi connectivity index (χ1n) is 6.00. The highest BCUT2D eigenvalue weighted by molar-refractivity contribution is 5.15. The topological polar surface area (TPSA) is 74.7 Å². The van der Waals surface area contributed by atoms with Gasteiger partial charge in [-0.15, -0.1) is 5.10 Å². The van der Waals surface area contributed by atoms with Crippen LogP contribution in [0.25, 0.3) is 0 Å².